The molecule has 0 bridgehead atoms. The van der Waals surface area contributed by atoms with E-state index in [1.807, 2.05) is 9.80 Å². The van der Waals surface area contributed by atoms with Crippen LogP contribution in [0.15, 0.2) is 0 Å². The van der Waals surface area contributed by atoms with Gasteiger partial charge in [-0.15, -0.1) is 0 Å². The van der Waals surface area contributed by atoms with Gasteiger partial charge in [0.15, 0.2) is 0 Å². The van der Waals surface area contributed by atoms with Crippen molar-refractivity contribution in [2.75, 3.05) is 39.8 Å². The number of nitrogens with zero attached hydrogens (tertiary/aromatic N) is 2. The molecule has 0 fully saturated rings. The van der Waals surface area contributed by atoms with Crippen LogP contribution in [0.3, 0.4) is 0 Å². The zero-order valence-electron chi connectivity index (χ0n) is 11.6. The molecule has 0 aliphatic carbocycles. The Kier molecular flexibility index (Phi) is 12.9. The zero-order chi connectivity index (χ0) is 17.8. The second kappa shape index (κ2) is 12.0. The first-order chi connectivity index (χ1) is 9.99. The van der Waals surface area contributed by atoms with Gasteiger partial charge in [0.05, 0.1) is 0 Å². The van der Waals surface area contributed by atoms with Gasteiger partial charge in [-0.1, -0.05) is 8.67 Å². The summed E-state index contributed by atoms with van der Waals surface area (Å²) < 4.78 is 58.9. The van der Waals surface area contributed by atoms with Gasteiger partial charge in [-0.3, -0.25) is 18.9 Å². The van der Waals surface area contributed by atoms with Crippen LogP contribution in [0.2, 0.25) is 0 Å². The van der Waals surface area contributed by atoms with Crippen LogP contribution in [-0.2, 0) is 29.5 Å². The summed E-state index contributed by atoms with van der Waals surface area (Å²) in [5.41, 5.74) is 21.7. The summed E-state index contributed by atoms with van der Waals surface area (Å²) in [5, 5.41) is 0. The summed E-state index contributed by atoms with van der Waals surface area (Å²) in [7, 11) is -10.0. The van der Waals surface area contributed by atoms with E-state index in [0.717, 1.165) is 13.1 Å². The van der Waals surface area contributed by atoms with Gasteiger partial charge in [0.25, 0.3) is 0 Å². The molecule has 14 nitrogen and oxygen atoms in total. The van der Waals surface area contributed by atoms with Crippen molar-refractivity contribution in [2.45, 2.75) is 0 Å². The summed E-state index contributed by atoms with van der Waals surface area (Å²) in [6.45, 7) is 3.50. The molecule has 0 aromatic carbocycles. The van der Waals surface area contributed by atoms with Crippen molar-refractivity contribution in [3.05, 3.63) is 0 Å². The Hall–Kier alpha value is -0.500. The molecular formula is C6H22N6O8S2. The third kappa shape index (κ3) is 17.6. The van der Waals surface area contributed by atoms with Gasteiger partial charge in [0.2, 0.25) is 0 Å². The van der Waals surface area contributed by atoms with Crippen LogP contribution >= 0.6 is 0 Å². The Morgan fingerprint density at radius 2 is 0.909 bits per heavy atom. The predicted octanol–water partition coefficient (Wildman–Crippen LogP) is -4.20. The molecule has 0 saturated carbocycles. The quantitative estimate of drug-likeness (QED) is 0.0924. The van der Waals surface area contributed by atoms with Crippen LogP contribution < -0.4 is 22.9 Å². The van der Waals surface area contributed by atoms with Crippen molar-refractivity contribution in [3.8, 4) is 0 Å². The van der Waals surface area contributed by atoms with Crippen molar-refractivity contribution in [2.24, 2.45) is 22.9 Å². The molecule has 0 amide bonds. The lowest BCUT2D eigenvalue weighted by Crippen LogP contribution is -2.44. The molecule has 22 heavy (non-hydrogen) atoms. The lowest BCUT2D eigenvalue weighted by atomic mass is 10.5. The Labute approximate surface area is 128 Å². The molecule has 10 N–H and O–H groups in total. The maximum Gasteiger partial charge on any atom is 0.425 e. The van der Waals surface area contributed by atoms with Crippen molar-refractivity contribution >= 4 is 20.8 Å². The van der Waals surface area contributed by atoms with Crippen molar-refractivity contribution in [1.82, 2.24) is 9.80 Å². The van der Waals surface area contributed by atoms with Crippen LogP contribution in [0.25, 0.3) is 0 Å². The fourth-order valence-corrected chi connectivity index (χ4v) is 1.43. The van der Waals surface area contributed by atoms with Crippen LogP contribution in [0.5, 0.6) is 0 Å². The minimum absolute atomic E-state index is 0.472. The van der Waals surface area contributed by atoms with Crippen molar-refractivity contribution < 1.29 is 34.6 Å². The number of rotatable bonds is 10. The van der Waals surface area contributed by atoms with Crippen molar-refractivity contribution in [1.29, 1.82) is 0 Å². The van der Waals surface area contributed by atoms with Crippen LogP contribution in [0.1, 0.15) is 0 Å². The number of hydrogen-bond acceptors (Lipinski definition) is 12. The van der Waals surface area contributed by atoms with Crippen molar-refractivity contribution in [3.63, 3.8) is 0 Å². The summed E-state index contributed by atoms with van der Waals surface area (Å²) in [5.74, 6) is 0. The Morgan fingerprint density at radius 3 is 1.05 bits per heavy atom. The van der Waals surface area contributed by atoms with Gasteiger partial charge >= 0.3 is 20.8 Å². The largest absolute Gasteiger partial charge is 0.425 e. The Bertz CT molecular complexity index is 418. The smallest absolute Gasteiger partial charge is 0.318 e. The predicted molar refractivity (Wildman–Crippen MR) is 74.9 cm³/mol. The summed E-state index contributed by atoms with van der Waals surface area (Å²) in [6.07, 6.45) is 0. The summed E-state index contributed by atoms with van der Waals surface area (Å²) in [4.78, 5) is 3.83. The standard InChI is InChI=1S/C6H20N6.H2O8S2/c7-3-11(4-8)1-2-12(5-9)6-10;1-9(2,3)7-8-10(4,5)6/h1-10H2;(H,1,2,3)(H,4,5,6). The van der Waals surface area contributed by atoms with E-state index in [1.54, 1.807) is 0 Å². The van der Waals surface area contributed by atoms with E-state index in [9.17, 15) is 16.8 Å². The highest BCUT2D eigenvalue weighted by atomic mass is 32.3. The first-order valence-corrected chi connectivity index (χ1v) is 8.29. The molecule has 0 rings (SSSR count). The van der Waals surface area contributed by atoms with Gasteiger partial charge in [0, 0.05) is 39.8 Å². The van der Waals surface area contributed by atoms with E-state index in [0.29, 0.717) is 26.7 Å². The van der Waals surface area contributed by atoms with E-state index >= 15 is 0 Å². The maximum atomic E-state index is 9.51. The molecule has 0 saturated heterocycles. The lowest BCUT2D eigenvalue weighted by molar-refractivity contribution is -0.105. The molecular weight excluding hydrogens is 348 g/mol. The highest BCUT2D eigenvalue weighted by Gasteiger charge is 2.13. The van der Waals surface area contributed by atoms with Gasteiger partial charge in [-0.05, 0) is 0 Å². The molecule has 0 radical (unpaired) electrons. The summed E-state index contributed by atoms with van der Waals surface area (Å²) in [6, 6.07) is 0. The SMILES string of the molecule is NCN(CN)CCN(CN)CN.O=S(=O)(O)OOS(=O)(=O)O. The average molecular weight is 370 g/mol. The average Bonchev–Trinajstić information content (AvgIpc) is 2.41. The minimum Gasteiger partial charge on any atom is -0.318 e. The molecule has 0 aromatic heterocycles. The first-order valence-electron chi connectivity index (χ1n) is 5.56. The molecule has 0 aliphatic rings. The van der Waals surface area contributed by atoms with Gasteiger partial charge in [0.1, 0.15) is 0 Å². The first kappa shape index (κ1) is 23.8. The number of nitrogens with two attached hydrogens (primary N) is 4. The molecule has 0 atom stereocenters. The maximum absolute atomic E-state index is 9.51. The van der Waals surface area contributed by atoms with E-state index < -0.39 is 20.8 Å². The molecule has 0 aliphatic heterocycles. The Balaban J connectivity index is 0. The van der Waals surface area contributed by atoms with Crippen LogP contribution in [0, 0.1) is 0 Å². The second-order valence-electron chi connectivity index (χ2n) is 3.51. The zero-order valence-corrected chi connectivity index (χ0v) is 13.2. The summed E-state index contributed by atoms with van der Waals surface area (Å²) >= 11 is 0. The van der Waals surface area contributed by atoms with Crippen LogP contribution in [-0.4, -0.2) is 75.5 Å². The molecule has 16 heteroatoms. The topological polar surface area (TPSA) is 238 Å². The number of hydrogen-bond donors (Lipinski definition) is 6. The highest BCUT2D eigenvalue weighted by molar-refractivity contribution is 7.83. The molecule has 0 aromatic rings. The molecule has 136 valence electrons. The van der Waals surface area contributed by atoms with Gasteiger partial charge < -0.3 is 22.9 Å². The second-order valence-corrected chi connectivity index (χ2v) is 5.49. The fraction of sp³-hybridized carbons (Fsp3) is 1.00. The Morgan fingerprint density at radius 1 is 0.682 bits per heavy atom. The monoisotopic (exact) mass is 370 g/mol. The molecule has 0 heterocycles. The minimum atomic E-state index is -5.02. The van der Waals surface area contributed by atoms with E-state index in [4.69, 9.17) is 32.0 Å². The lowest BCUT2D eigenvalue weighted by Gasteiger charge is -2.23. The van der Waals surface area contributed by atoms with E-state index in [1.165, 1.54) is 0 Å². The van der Waals surface area contributed by atoms with E-state index in [-0.39, 0.29) is 0 Å². The highest BCUT2D eigenvalue weighted by Crippen LogP contribution is 1.92. The molecule has 0 spiro atoms. The van der Waals surface area contributed by atoms with E-state index in [2.05, 4.69) is 8.67 Å². The van der Waals surface area contributed by atoms with Gasteiger partial charge in [-0.25, -0.2) is 0 Å². The third-order valence-corrected chi connectivity index (χ3v) is 2.53. The fourth-order valence-electron chi connectivity index (χ4n) is 0.867. The third-order valence-electron chi connectivity index (χ3n) is 1.96. The van der Waals surface area contributed by atoms with Crippen LogP contribution in [0.4, 0.5) is 0 Å². The normalized spacial score (nSPS) is 12.4. The molecule has 0 unspecified atom stereocenters. The van der Waals surface area contributed by atoms with Gasteiger partial charge in [-0.2, -0.15) is 16.8 Å².